The molecule has 0 aliphatic rings. The van der Waals surface area contributed by atoms with E-state index in [4.69, 9.17) is 11.6 Å². The molecule has 1 aromatic rings. The second-order valence-corrected chi connectivity index (χ2v) is 4.16. The minimum atomic E-state index is -4.29. The van der Waals surface area contributed by atoms with Crippen molar-refractivity contribution >= 4 is 33.5 Å². The minimum absolute atomic E-state index is 0.0150. The van der Waals surface area contributed by atoms with E-state index < -0.39 is 12.7 Å². The highest BCUT2D eigenvalue weighted by molar-refractivity contribution is 9.09. The molecule has 1 heterocycles. The van der Waals surface area contributed by atoms with E-state index in [2.05, 4.69) is 25.9 Å². The number of hydrogen-bond acceptors (Lipinski definition) is 3. The van der Waals surface area contributed by atoms with Gasteiger partial charge in [0.05, 0.1) is 17.4 Å². The Morgan fingerprint density at radius 1 is 1.31 bits per heavy atom. The van der Waals surface area contributed by atoms with Gasteiger partial charge < -0.3 is 4.90 Å². The first-order valence-corrected chi connectivity index (χ1v) is 5.77. The fourth-order valence-corrected chi connectivity index (χ4v) is 1.56. The lowest BCUT2D eigenvalue weighted by Gasteiger charge is -2.22. The fourth-order valence-electron chi connectivity index (χ4n) is 1.04. The van der Waals surface area contributed by atoms with Crippen LogP contribution in [0.1, 0.15) is 0 Å². The van der Waals surface area contributed by atoms with E-state index >= 15 is 0 Å². The molecule has 8 heteroatoms. The smallest absolute Gasteiger partial charge is 0.331 e. The van der Waals surface area contributed by atoms with Crippen molar-refractivity contribution in [3.8, 4) is 0 Å². The quantitative estimate of drug-likeness (QED) is 0.799. The lowest BCUT2D eigenvalue weighted by Crippen LogP contribution is -2.36. The van der Waals surface area contributed by atoms with Crippen molar-refractivity contribution in [1.29, 1.82) is 0 Å². The summed E-state index contributed by atoms with van der Waals surface area (Å²) in [5.74, 6) is 0.0150. The van der Waals surface area contributed by atoms with Gasteiger partial charge in [-0.05, 0) is 0 Å². The molecular weight excluding hydrogens is 310 g/mol. The summed E-state index contributed by atoms with van der Waals surface area (Å²) in [5, 5.41) is 0.685. The number of nitrogens with zero attached hydrogens (tertiary/aromatic N) is 3. The molecule has 3 nitrogen and oxygen atoms in total. The summed E-state index contributed by atoms with van der Waals surface area (Å²) in [7, 11) is 0. The van der Waals surface area contributed by atoms with Gasteiger partial charge in [0.25, 0.3) is 0 Å². The van der Waals surface area contributed by atoms with Crippen LogP contribution in [0.25, 0.3) is 0 Å². The molecule has 0 radical (unpaired) electrons. The summed E-state index contributed by atoms with van der Waals surface area (Å²) >= 11 is 8.63. The van der Waals surface area contributed by atoms with Gasteiger partial charge in [-0.1, -0.05) is 27.5 Å². The predicted octanol–water partition coefficient (Wildman–Crippen LogP) is 2.89. The van der Waals surface area contributed by atoms with Crippen LogP contribution in [0.2, 0.25) is 5.02 Å². The molecule has 0 atom stereocenters. The molecule has 1 rings (SSSR count). The Hall–Kier alpha value is -0.560. The van der Waals surface area contributed by atoms with Crippen LogP contribution in [0.15, 0.2) is 12.4 Å². The van der Waals surface area contributed by atoms with E-state index in [0.717, 1.165) is 4.90 Å². The molecule has 0 bridgehead atoms. The van der Waals surface area contributed by atoms with Crippen molar-refractivity contribution in [3.05, 3.63) is 17.4 Å². The molecule has 0 saturated carbocycles. The summed E-state index contributed by atoms with van der Waals surface area (Å²) < 4.78 is 36.8. The van der Waals surface area contributed by atoms with Gasteiger partial charge in [0.1, 0.15) is 6.54 Å². The number of halogens is 5. The van der Waals surface area contributed by atoms with Crippen molar-refractivity contribution in [2.75, 3.05) is 23.3 Å². The first-order valence-electron chi connectivity index (χ1n) is 4.27. The van der Waals surface area contributed by atoms with E-state index in [-0.39, 0.29) is 17.5 Å². The number of alkyl halides is 4. The monoisotopic (exact) mass is 317 g/mol. The average molecular weight is 319 g/mol. The van der Waals surface area contributed by atoms with Gasteiger partial charge in [0, 0.05) is 11.9 Å². The molecule has 0 aromatic carbocycles. The van der Waals surface area contributed by atoms with E-state index in [1.165, 1.54) is 12.4 Å². The molecule has 0 spiro atoms. The van der Waals surface area contributed by atoms with Gasteiger partial charge in [-0.2, -0.15) is 13.2 Å². The Bertz CT molecular complexity index is 330. The number of aromatic nitrogens is 2. The Kier molecular flexibility index (Phi) is 4.79. The molecule has 0 saturated heterocycles. The highest BCUT2D eigenvalue weighted by atomic mass is 79.9. The molecule has 0 N–H and O–H groups in total. The summed E-state index contributed by atoms with van der Waals surface area (Å²) in [5.41, 5.74) is 0. The van der Waals surface area contributed by atoms with Crippen LogP contribution in [0.4, 0.5) is 19.1 Å². The van der Waals surface area contributed by atoms with Crippen LogP contribution in [0.3, 0.4) is 0 Å². The zero-order valence-electron chi connectivity index (χ0n) is 8.01. The van der Waals surface area contributed by atoms with Gasteiger partial charge in [0.15, 0.2) is 0 Å². The third-order valence-electron chi connectivity index (χ3n) is 1.61. The molecule has 0 amide bonds. The largest absolute Gasteiger partial charge is 0.406 e. The van der Waals surface area contributed by atoms with E-state index in [0.29, 0.717) is 5.33 Å². The Morgan fingerprint density at radius 3 is 2.31 bits per heavy atom. The maximum Gasteiger partial charge on any atom is 0.406 e. The number of hydrogen-bond donors (Lipinski definition) is 0. The third kappa shape index (κ3) is 4.52. The van der Waals surface area contributed by atoms with E-state index in [1.54, 1.807) is 0 Å². The molecular formula is C8H8BrClF3N3. The first-order chi connectivity index (χ1) is 7.42. The standard InChI is InChI=1S/C8H8BrClF3N3/c9-1-2-16(5-8(11,12)13)7-14-3-6(10)4-15-7/h3-4H,1-2,5H2. The zero-order chi connectivity index (χ0) is 12.2. The van der Waals surface area contributed by atoms with Gasteiger partial charge in [-0.3, -0.25) is 0 Å². The lowest BCUT2D eigenvalue weighted by molar-refractivity contribution is -0.119. The Balaban J connectivity index is 2.80. The number of rotatable bonds is 4. The Morgan fingerprint density at radius 2 is 1.88 bits per heavy atom. The van der Waals surface area contributed by atoms with Gasteiger partial charge in [-0.25, -0.2) is 9.97 Å². The molecule has 90 valence electrons. The molecule has 0 aliphatic carbocycles. The molecule has 0 unspecified atom stereocenters. The maximum absolute atomic E-state index is 12.3. The summed E-state index contributed by atoms with van der Waals surface area (Å²) in [6.45, 7) is -0.915. The van der Waals surface area contributed by atoms with E-state index in [1.807, 2.05) is 0 Å². The van der Waals surface area contributed by atoms with Crippen molar-refractivity contribution in [3.63, 3.8) is 0 Å². The highest BCUT2D eigenvalue weighted by Gasteiger charge is 2.31. The zero-order valence-corrected chi connectivity index (χ0v) is 10.3. The molecule has 16 heavy (non-hydrogen) atoms. The van der Waals surface area contributed by atoms with Gasteiger partial charge >= 0.3 is 6.18 Å². The van der Waals surface area contributed by atoms with Crippen LogP contribution >= 0.6 is 27.5 Å². The minimum Gasteiger partial charge on any atom is -0.331 e. The second-order valence-electron chi connectivity index (χ2n) is 2.93. The number of anilines is 1. The van der Waals surface area contributed by atoms with E-state index in [9.17, 15) is 13.2 Å². The Labute approximate surface area is 104 Å². The summed E-state index contributed by atoms with van der Waals surface area (Å²) in [4.78, 5) is 8.52. The maximum atomic E-state index is 12.3. The van der Waals surface area contributed by atoms with Crippen LogP contribution in [0.5, 0.6) is 0 Å². The molecule has 0 aliphatic heterocycles. The predicted molar refractivity (Wildman–Crippen MR) is 59.1 cm³/mol. The average Bonchev–Trinajstić information content (AvgIpc) is 2.16. The molecule has 1 aromatic heterocycles. The van der Waals surface area contributed by atoms with Gasteiger partial charge in [-0.15, -0.1) is 0 Å². The summed E-state index contributed by atoms with van der Waals surface area (Å²) in [6.07, 6.45) is -1.76. The fraction of sp³-hybridized carbons (Fsp3) is 0.500. The SMILES string of the molecule is FC(F)(F)CN(CCBr)c1ncc(Cl)cn1. The van der Waals surface area contributed by atoms with Crippen molar-refractivity contribution in [2.24, 2.45) is 0 Å². The first kappa shape index (κ1) is 13.5. The third-order valence-corrected chi connectivity index (χ3v) is 2.16. The lowest BCUT2D eigenvalue weighted by atomic mass is 10.5. The van der Waals surface area contributed by atoms with Crippen LogP contribution in [-0.4, -0.2) is 34.6 Å². The van der Waals surface area contributed by atoms with Crippen molar-refractivity contribution < 1.29 is 13.2 Å². The van der Waals surface area contributed by atoms with Crippen LogP contribution in [-0.2, 0) is 0 Å². The normalized spacial score (nSPS) is 11.6. The second kappa shape index (κ2) is 5.67. The molecule has 0 fully saturated rings. The van der Waals surface area contributed by atoms with Crippen LogP contribution in [0, 0.1) is 0 Å². The summed E-state index contributed by atoms with van der Waals surface area (Å²) in [6, 6.07) is 0. The topological polar surface area (TPSA) is 29.0 Å². The van der Waals surface area contributed by atoms with Crippen molar-refractivity contribution in [1.82, 2.24) is 9.97 Å². The van der Waals surface area contributed by atoms with Gasteiger partial charge in [0.2, 0.25) is 5.95 Å². The highest BCUT2D eigenvalue weighted by Crippen LogP contribution is 2.19. The van der Waals surface area contributed by atoms with Crippen LogP contribution < -0.4 is 4.90 Å². The van der Waals surface area contributed by atoms with Crippen molar-refractivity contribution in [2.45, 2.75) is 6.18 Å².